The van der Waals surface area contributed by atoms with Crippen molar-refractivity contribution in [3.63, 3.8) is 0 Å². The summed E-state index contributed by atoms with van der Waals surface area (Å²) in [5.41, 5.74) is 0.115. The number of nitrogens with one attached hydrogen (secondary N) is 3. The molecule has 3 rings (SSSR count). The minimum absolute atomic E-state index is 0.142. The largest absolute Gasteiger partial charge is 0.467 e. The van der Waals surface area contributed by atoms with E-state index in [4.69, 9.17) is 4.42 Å². The Bertz CT molecular complexity index is 808. The first-order chi connectivity index (χ1) is 10.2. The summed E-state index contributed by atoms with van der Waals surface area (Å²) < 4.78 is 5.11. The fraction of sp³-hybridized carbons (Fsp3) is 0.167. The number of hydrogen-bond acceptors (Lipinski definition) is 6. The van der Waals surface area contributed by atoms with Gasteiger partial charge in [0.2, 0.25) is 5.91 Å². The van der Waals surface area contributed by atoms with Gasteiger partial charge < -0.3 is 14.7 Å². The van der Waals surface area contributed by atoms with Gasteiger partial charge in [0.05, 0.1) is 24.8 Å². The summed E-state index contributed by atoms with van der Waals surface area (Å²) in [7, 11) is 0. The molecule has 0 saturated heterocycles. The summed E-state index contributed by atoms with van der Waals surface area (Å²) in [5, 5.41) is 9.84. The van der Waals surface area contributed by atoms with Crippen LogP contribution in [-0.2, 0) is 11.3 Å². The number of thioether (sulfide) groups is 1. The first-order valence-corrected chi connectivity index (χ1v) is 7.06. The Morgan fingerprint density at radius 2 is 2.38 bits per heavy atom. The Morgan fingerprint density at radius 3 is 3.19 bits per heavy atom. The van der Waals surface area contributed by atoms with Gasteiger partial charge in [0.1, 0.15) is 11.1 Å². The third kappa shape index (κ3) is 3.14. The monoisotopic (exact) mass is 305 g/mol. The molecule has 1 amide bonds. The van der Waals surface area contributed by atoms with Gasteiger partial charge in [0, 0.05) is 0 Å². The van der Waals surface area contributed by atoms with E-state index >= 15 is 0 Å². The lowest BCUT2D eigenvalue weighted by Crippen LogP contribution is -2.24. The Kier molecular flexibility index (Phi) is 3.73. The molecule has 0 aliphatic rings. The van der Waals surface area contributed by atoms with E-state index in [1.165, 1.54) is 6.20 Å². The molecule has 0 aromatic carbocycles. The minimum Gasteiger partial charge on any atom is -0.467 e. The van der Waals surface area contributed by atoms with Crippen LogP contribution in [0.4, 0.5) is 0 Å². The Hall–Kier alpha value is -2.55. The summed E-state index contributed by atoms with van der Waals surface area (Å²) in [4.78, 5) is 30.2. The van der Waals surface area contributed by atoms with E-state index in [2.05, 4.69) is 25.5 Å². The maximum atomic E-state index is 11.7. The standard InChI is InChI=1S/C12H11N5O3S/c18-9(13-4-7-2-1-3-20-7)6-21-12-15-10-8(5-14-17-10)11(19)16-12/h1-3,5H,4,6H2,(H,13,18)(H2,14,15,16,17,19). The average molecular weight is 305 g/mol. The maximum Gasteiger partial charge on any atom is 0.262 e. The lowest BCUT2D eigenvalue weighted by atomic mass is 10.4. The molecule has 0 saturated carbocycles. The second-order valence-corrected chi connectivity index (χ2v) is 5.11. The van der Waals surface area contributed by atoms with Crippen LogP contribution in [0.15, 0.2) is 39.0 Å². The van der Waals surface area contributed by atoms with E-state index in [1.54, 1.807) is 18.4 Å². The van der Waals surface area contributed by atoms with Crippen LogP contribution in [0.25, 0.3) is 11.0 Å². The topological polar surface area (TPSA) is 117 Å². The van der Waals surface area contributed by atoms with Crippen LogP contribution in [0.5, 0.6) is 0 Å². The smallest absolute Gasteiger partial charge is 0.262 e. The zero-order valence-electron chi connectivity index (χ0n) is 10.8. The maximum absolute atomic E-state index is 11.7. The van der Waals surface area contributed by atoms with Gasteiger partial charge in [-0.2, -0.15) is 5.10 Å². The van der Waals surface area contributed by atoms with Crippen LogP contribution < -0.4 is 10.9 Å². The fourth-order valence-electron chi connectivity index (χ4n) is 1.68. The zero-order valence-corrected chi connectivity index (χ0v) is 11.6. The third-order valence-corrected chi connectivity index (χ3v) is 3.55. The molecule has 0 spiro atoms. The van der Waals surface area contributed by atoms with Crippen LogP contribution in [-0.4, -0.2) is 31.8 Å². The van der Waals surface area contributed by atoms with Crippen LogP contribution in [0.1, 0.15) is 5.76 Å². The number of nitrogens with zero attached hydrogens (tertiary/aromatic N) is 2. The molecule has 3 heterocycles. The highest BCUT2D eigenvalue weighted by Crippen LogP contribution is 2.12. The van der Waals surface area contributed by atoms with Crippen molar-refractivity contribution < 1.29 is 9.21 Å². The van der Waals surface area contributed by atoms with Crippen LogP contribution >= 0.6 is 11.8 Å². The van der Waals surface area contributed by atoms with Crippen molar-refractivity contribution in [1.82, 2.24) is 25.5 Å². The number of carbonyl (C=O) groups is 1. The van der Waals surface area contributed by atoms with Gasteiger partial charge in [0.15, 0.2) is 10.8 Å². The first-order valence-electron chi connectivity index (χ1n) is 6.07. The molecule has 0 radical (unpaired) electrons. The fourth-order valence-corrected chi connectivity index (χ4v) is 2.37. The SMILES string of the molecule is O=C(CSc1nc2[nH]ncc2c(=O)[nH]1)NCc1ccco1. The van der Waals surface area contributed by atoms with E-state index in [1.807, 2.05) is 0 Å². The molecule has 3 aromatic heterocycles. The number of furan rings is 1. The number of amides is 1. The van der Waals surface area contributed by atoms with Crippen LogP contribution in [0, 0.1) is 0 Å². The molecule has 0 aliphatic heterocycles. The van der Waals surface area contributed by atoms with Crippen molar-refractivity contribution in [3.05, 3.63) is 40.7 Å². The molecule has 0 bridgehead atoms. The second-order valence-electron chi connectivity index (χ2n) is 4.15. The Balaban J connectivity index is 1.58. The molecule has 8 nitrogen and oxygen atoms in total. The summed E-state index contributed by atoms with van der Waals surface area (Å²) in [6, 6.07) is 3.53. The highest BCUT2D eigenvalue weighted by Gasteiger charge is 2.08. The lowest BCUT2D eigenvalue weighted by molar-refractivity contribution is -0.118. The normalized spacial score (nSPS) is 10.9. The van der Waals surface area contributed by atoms with Crippen molar-refractivity contribution in [1.29, 1.82) is 0 Å². The molecule has 3 N–H and O–H groups in total. The number of aromatic nitrogens is 4. The molecule has 9 heteroatoms. The highest BCUT2D eigenvalue weighted by molar-refractivity contribution is 7.99. The van der Waals surface area contributed by atoms with Crippen molar-refractivity contribution >= 4 is 28.7 Å². The quantitative estimate of drug-likeness (QED) is 0.470. The van der Waals surface area contributed by atoms with E-state index < -0.39 is 0 Å². The Morgan fingerprint density at radius 1 is 1.48 bits per heavy atom. The second kappa shape index (κ2) is 5.83. The van der Waals surface area contributed by atoms with Gasteiger partial charge in [-0.15, -0.1) is 0 Å². The highest BCUT2D eigenvalue weighted by atomic mass is 32.2. The number of H-pyrrole nitrogens is 2. The molecule has 21 heavy (non-hydrogen) atoms. The number of fused-ring (bicyclic) bond motifs is 1. The van der Waals surface area contributed by atoms with Crippen molar-refractivity contribution in [3.8, 4) is 0 Å². The summed E-state index contributed by atoms with van der Waals surface area (Å²) in [6.07, 6.45) is 2.95. The van der Waals surface area contributed by atoms with Gasteiger partial charge in [-0.25, -0.2) is 4.98 Å². The Labute approximate surface area is 122 Å². The van der Waals surface area contributed by atoms with Gasteiger partial charge in [0.25, 0.3) is 5.56 Å². The molecular formula is C12H11N5O3S. The summed E-state index contributed by atoms with van der Waals surface area (Å²) in [5.74, 6) is 0.644. The van der Waals surface area contributed by atoms with Crippen molar-refractivity contribution in [2.24, 2.45) is 0 Å². The van der Waals surface area contributed by atoms with Crippen LogP contribution in [0.3, 0.4) is 0 Å². The predicted molar refractivity (Wildman–Crippen MR) is 75.8 cm³/mol. The number of rotatable bonds is 5. The molecular weight excluding hydrogens is 294 g/mol. The molecule has 0 unspecified atom stereocenters. The van der Waals surface area contributed by atoms with Gasteiger partial charge in [-0.3, -0.25) is 14.7 Å². The van der Waals surface area contributed by atoms with Gasteiger partial charge in [-0.1, -0.05) is 11.8 Å². The molecule has 0 aliphatic carbocycles. The summed E-state index contributed by atoms with van der Waals surface area (Å²) in [6.45, 7) is 0.329. The van der Waals surface area contributed by atoms with Gasteiger partial charge in [-0.05, 0) is 12.1 Å². The van der Waals surface area contributed by atoms with Crippen molar-refractivity contribution in [2.45, 2.75) is 11.7 Å². The first kappa shape index (κ1) is 13.4. The molecule has 0 fully saturated rings. The van der Waals surface area contributed by atoms with E-state index in [-0.39, 0.29) is 17.2 Å². The number of aromatic amines is 2. The number of hydrogen-bond donors (Lipinski definition) is 3. The zero-order chi connectivity index (χ0) is 14.7. The molecule has 0 atom stereocenters. The molecule has 108 valence electrons. The lowest BCUT2D eigenvalue weighted by Gasteiger charge is -2.03. The summed E-state index contributed by atoms with van der Waals surface area (Å²) >= 11 is 1.14. The van der Waals surface area contributed by atoms with Gasteiger partial charge >= 0.3 is 0 Å². The number of carbonyl (C=O) groups excluding carboxylic acids is 1. The average Bonchev–Trinajstić information content (AvgIpc) is 3.14. The third-order valence-electron chi connectivity index (χ3n) is 2.68. The van der Waals surface area contributed by atoms with E-state index in [0.29, 0.717) is 28.5 Å². The minimum atomic E-state index is -0.285. The van der Waals surface area contributed by atoms with E-state index in [0.717, 1.165) is 11.8 Å². The van der Waals surface area contributed by atoms with Crippen LogP contribution in [0.2, 0.25) is 0 Å². The van der Waals surface area contributed by atoms with E-state index in [9.17, 15) is 9.59 Å². The predicted octanol–water partition coefficient (Wildman–Crippen LogP) is 0.648. The van der Waals surface area contributed by atoms with Crippen molar-refractivity contribution in [2.75, 3.05) is 5.75 Å². The molecule has 3 aromatic rings.